The van der Waals surface area contributed by atoms with Crippen LogP contribution in [0.2, 0.25) is 0 Å². The van der Waals surface area contributed by atoms with E-state index in [9.17, 15) is 4.79 Å². The number of nitrogens with two attached hydrogens (primary N) is 1. The molecule has 23 heavy (non-hydrogen) atoms. The lowest BCUT2D eigenvalue weighted by Crippen LogP contribution is -2.39. The molecule has 5 nitrogen and oxygen atoms in total. The van der Waals surface area contributed by atoms with Crippen LogP contribution in [0.5, 0.6) is 0 Å². The topological polar surface area (TPSA) is 81.2 Å². The van der Waals surface area contributed by atoms with Crippen molar-refractivity contribution >= 4 is 24.0 Å². The van der Waals surface area contributed by atoms with E-state index in [0.717, 1.165) is 22.9 Å². The molecule has 124 valence electrons. The molecule has 6 heteroatoms. The highest BCUT2D eigenvalue weighted by molar-refractivity contribution is 5.95. The van der Waals surface area contributed by atoms with Crippen LogP contribution in [0.4, 0.5) is 5.69 Å². The van der Waals surface area contributed by atoms with E-state index in [1.165, 1.54) is 12.8 Å². The van der Waals surface area contributed by atoms with Crippen molar-refractivity contribution in [3.63, 3.8) is 0 Å². The summed E-state index contributed by atoms with van der Waals surface area (Å²) in [4.78, 5) is 16.2. The minimum atomic E-state index is -0.505. The van der Waals surface area contributed by atoms with Gasteiger partial charge in [0, 0.05) is 17.2 Å². The number of carbonyl (C=O) groups is 1. The molecule has 0 unspecified atom stereocenters. The number of anilines is 1. The Labute approximate surface area is 142 Å². The zero-order chi connectivity index (χ0) is 15.7. The van der Waals surface area contributed by atoms with Crippen LogP contribution in [0.1, 0.15) is 38.5 Å². The van der Waals surface area contributed by atoms with Crippen LogP contribution in [0.3, 0.4) is 0 Å². The predicted octanol–water partition coefficient (Wildman–Crippen LogP) is 3.56. The van der Waals surface area contributed by atoms with Gasteiger partial charge in [-0.05, 0) is 43.0 Å². The number of rotatable bonds is 5. The van der Waals surface area contributed by atoms with Gasteiger partial charge < -0.3 is 15.5 Å². The first-order chi connectivity index (χ1) is 10.5. The number of benzene rings is 1. The van der Waals surface area contributed by atoms with Gasteiger partial charge in [-0.15, -0.1) is 12.4 Å². The van der Waals surface area contributed by atoms with E-state index >= 15 is 0 Å². The molecule has 1 aromatic carbocycles. The van der Waals surface area contributed by atoms with E-state index in [2.05, 4.69) is 10.3 Å². The van der Waals surface area contributed by atoms with Crippen molar-refractivity contribution in [1.29, 1.82) is 0 Å². The van der Waals surface area contributed by atoms with Crippen LogP contribution in [-0.2, 0) is 4.79 Å². The molecule has 1 amide bonds. The van der Waals surface area contributed by atoms with Crippen LogP contribution in [0.25, 0.3) is 11.3 Å². The van der Waals surface area contributed by atoms with Crippen molar-refractivity contribution in [3.05, 3.63) is 36.4 Å². The fourth-order valence-electron chi connectivity index (χ4n) is 2.19. The Hall–Kier alpha value is -1.85. The second-order valence-corrected chi connectivity index (χ2v) is 6.17. The highest BCUT2D eigenvalue weighted by Gasteiger charge is 2.28. The number of halogens is 1. The van der Waals surface area contributed by atoms with Crippen LogP contribution >= 0.6 is 12.4 Å². The van der Waals surface area contributed by atoms with Crippen molar-refractivity contribution in [2.24, 2.45) is 11.7 Å². The molecule has 1 aliphatic carbocycles. The zero-order valence-corrected chi connectivity index (χ0v) is 14.1. The minimum absolute atomic E-state index is 0. The third-order valence-electron chi connectivity index (χ3n) is 3.91. The third kappa shape index (κ3) is 4.12. The van der Waals surface area contributed by atoms with E-state index in [1.54, 1.807) is 6.20 Å². The quantitative estimate of drug-likeness (QED) is 0.875. The Kier molecular flexibility index (Phi) is 5.44. The Morgan fingerprint density at radius 3 is 2.52 bits per heavy atom. The predicted molar refractivity (Wildman–Crippen MR) is 92.6 cm³/mol. The van der Waals surface area contributed by atoms with Crippen molar-refractivity contribution in [1.82, 2.24) is 4.98 Å². The molecule has 1 heterocycles. The average Bonchev–Trinajstić information content (AvgIpc) is 3.25. The first-order valence-corrected chi connectivity index (χ1v) is 7.67. The smallest absolute Gasteiger partial charge is 0.241 e. The zero-order valence-electron chi connectivity index (χ0n) is 13.3. The minimum Gasteiger partial charge on any atom is -0.440 e. The molecular weight excluding hydrogens is 314 g/mol. The molecule has 0 saturated heterocycles. The number of hydrogen-bond donors (Lipinski definition) is 2. The molecule has 0 spiro atoms. The maximum Gasteiger partial charge on any atom is 0.241 e. The van der Waals surface area contributed by atoms with Gasteiger partial charge in [0.15, 0.2) is 11.7 Å². The van der Waals surface area contributed by atoms with Gasteiger partial charge >= 0.3 is 0 Å². The van der Waals surface area contributed by atoms with E-state index in [0.29, 0.717) is 5.92 Å². The molecule has 0 bridgehead atoms. The van der Waals surface area contributed by atoms with Crippen LogP contribution in [-0.4, -0.2) is 16.9 Å². The SMILES string of the molecule is CC(C)[C@H](N)C(=O)Nc1ccc(-c2cnc(C3CC3)o2)cc1.Cl. The molecule has 3 rings (SSSR count). The van der Waals surface area contributed by atoms with E-state index < -0.39 is 6.04 Å². The van der Waals surface area contributed by atoms with Crippen LogP contribution < -0.4 is 11.1 Å². The van der Waals surface area contributed by atoms with Gasteiger partial charge in [0.1, 0.15) is 0 Å². The molecule has 1 fully saturated rings. The van der Waals surface area contributed by atoms with Gasteiger partial charge in [0.05, 0.1) is 12.2 Å². The van der Waals surface area contributed by atoms with Gasteiger partial charge in [0.25, 0.3) is 0 Å². The number of nitrogens with zero attached hydrogens (tertiary/aromatic N) is 1. The average molecular weight is 336 g/mol. The highest BCUT2D eigenvalue weighted by atomic mass is 35.5. The van der Waals surface area contributed by atoms with Crippen molar-refractivity contribution in [3.8, 4) is 11.3 Å². The van der Waals surface area contributed by atoms with Crippen molar-refractivity contribution in [2.75, 3.05) is 5.32 Å². The standard InChI is InChI=1S/C17H21N3O2.ClH/c1-10(2)15(18)16(21)20-13-7-5-11(6-8-13)14-9-19-17(22-14)12-3-4-12;/h5-10,12,15H,3-4,18H2,1-2H3,(H,20,21);1H/t15-;/m0./s1. The summed E-state index contributed by atoms with van der Waals surface area (Å²) in [6.45, 7) is 3.85. The molecule has 2 aromatic rings. The normalized spacial score (nSPS) is 15.1. The largest absolute Gasteiger partial charge is 0.440 e. The van der Waals surface area contributed by atoms with Crippen LogP contribution in [0.15, 0.2) is 34.9 Å². The lowest BCUT2D eigenvalue weighted by molar-refractivity contribution is -0.118. The van der Waals surface area contributed by atoms with Gasteiger partial charge in [-0.1, -0.05) is 13.8 Å². The number of carbonyl (C=O) groups excluding carboxylic acids is 1. The van der Waals surface area contributed by atoms with Gasteiger partial charge in [0.2, 0.25) is 5.91 Å². The summed E-state index contributed by atoms with van der Waals surface area (Å²) in [5.74, 6) is 2.03. The summed E-state index contributed by atoms with van der Waals surface area (Å²) in [7, 11) is 0. The lowest BCUT2D eigenvalue weighted by Gasteiger charge is -2.15. The molecule has 1 aliphatic rings. The van der Waals surface area contributed by atoms with E-state index in [1.807, 2.05) is 38.1 Å². The number of amides is 1. The monoisotopic (exact) mass is 335 g/mol. The Balaban J connectivity index is 0.00000192. The fraction of sp³-hybridized carbons (Fsp3) is 0.412. The third-order valence-corrected chi connectivity index (χ3v) is 3.91. The summed E-state index contributed by atoms with van der Waals surface area (Å²) in [6, 6.07) is 7.01. The molecular formula is C17H22ClN3O2. The number of nitrogens with one attached hydrogen (secondary N) is 1. The molecule has 0 aliphatic heterocycles. The summed E-state index contributed by atoms with van der Waals surface area (Å²) in [5.41, 5.74) is 7.51. The molecule has 3 N–H and O–H groups in total. The lowest BCUT2D eigenvalue weighted by atomic mass is 10.0. The summed E-state index contributed by atoms with van der Waals surface area (Å²) >= 11 is 0. The van der Waals surface area contributed by atoms with E-state index in [-0.39, 0.29) is 24.2 Å². The molecule has 0 radical (unpaired) electrons. The first kappa shape index (κ1) is 17.5. The Morgan fingerprint density at radius 1 is 1.30 bits per heavy atom. The number of hydrogen-bond acceptors (Lipinski definition) is 4. The Bertz CT molecular complexity index is 663. The van der Waals surface area contributed by atoms with E-state index in [4.69, 9.17) is 10.2 Å². The summed E-state index contributed by atoms with van der Waals surface area (Å²) in [5, 5.41) is 2.82. The second-order valence-electron chi connectivity index (χ2n) is 6.17. The van der Waals surface area contributed by atoms with Crippen molar-refractivity contribution < 1.29 is 9.21 Å². The molecule has 1 atom stereocenters. The fourth-order valence-corrected chi connectivity index (χ4v) is 2.19. The maximum absolute atomic E-state index is 11.9. The second kappa shape index (κ2) is 7.15. The maximum atomic E-state index is 11.9. The Morgan fingerprint density at radius 2 is 1.96 bits per heavy atom. The molecule has 1 saturated carbocycles. The van der Waals surface area contributed by atoms with Crippen LogP contribution in [0, 0.1) is 5.92 Å². The summed E-state index contributed by atoms with van der Waals surface area (Å²) in [6.07, 6.45) is 4.10. The first-order valence-electron chi connectivity index (χ1n) is 7.67. The molecule has 1 aromatic heterocycles. The highest BCUT2D eigenvalue weighted by Crippen LogP contribution is 2.40. The number of aromatic nitrogens is 1. The van der Waals surface area contributed by atoms with Gasteiger partial charge in [-0.3, -0.25) is 4.79 Å². The van der Waals surface area contributed by atoms with Gasteiger partial charge in [-0.2, -0.15) is 0 Å². The summed E-state index contributed by atoms with van der Waals surface area (Å²) < 4.78 is 5.77. The van der Waals surface area contributed by atoms with Crippen molar-refractivity contribution in [2.45, 2.75) is 38.6 Å². The number of oxazole rings is 1. The van der Waals surface area contributed by atoms with Gasteiger partial charge in [-0.25, -0.2) is 4.98 Å².